The van der Waals surface area contributed by atoms with Gasteiger partial charge < -0.3 is 5.32 Å². The van der Waals surface area contributed by atoms with Crippen molar-refractivity contribution in [3.05, 3.63) is 30.1 Å². The first-order valence-electron chi connectivity index (χ1n) is 9.07. The normalized spacial score (nSPS) is 19.6. The summed E-state index contributed by atoms with van der Waals surface area (Å²) >= 11 is 0. The van der Waals surface area contributed by atoms with E-state index < -0.39 is 0 Å². The van der Waals surface area contributed by atoms with Crippen molar-refractivity contribution in [3.8, 4) is 0 Å². The SMILES string of the molecule is c1cncc(CCNC2CCCCCCCCCCC2)c1. The van der Waals surface area contributed by atoms with Gasteiger partial charge in [0.2, 0.25) is 0 Å². The van der Waals surface area contributed by atoms with Crippen LogP contribution in [0.1, 0.15) is 76.2 Å². The number of hydrogen-bond donors (Lipinski definition) is 1. The van der Waals surface area contributed by atoms with Crippen molar-refractivity contribution in [2.75, 3.05) is 6.54 Å². The fourth-order valence-corrected chi connectivity index (χ4v) is 3.33. The summed E-state index contributed by atoms with van der Waals surface area (Å²) in [6, 6.07) is 4.95. The largest absolute Gasteiger partial charge is 0.314 e. The zero-order valence-corrected chi connectivity index (χ0v) is 13.5. The smallest absolute Gasteiger partial charge is 0.0300 e. The van der Waals surface area contributed by atoms with Crippen LogP contribution in [0.25, 0.3) is 0 Å². The molecule has 2 heteroatoms. The molecule has 1 aliphatic carbocycles. The van der Waals surface area contributed by atoms with E-state index >= 15 is 0 Å². The molecule has 0 bridgehead atoms. The quantitative estimate of drug-likeness (QED) is 0.853. The minimum Gasteiger partial charge on any atom is -0.314 e. The molecule has 2 rings (SSSR count). The molecular weight excluding hydrogens is 256 g/mol. The van der Waals surface area contributed by atoms with Crippen molar-refractivity contribution in [1.29, 1.82) is 0 Å². The third-order valence-corrected chi connectivity index (χ3v) is 4.67. The third-order valence-electron chi connectivity index (χ3n) is 4.67. The molecule has 1 aromatic rings. The highest BCUT2D eigenvalue weighted by molar-refractivity contribution is 5.08. The van der Waals surface area contributed by atoms with Gasteiger partial charge in [-0.25, -0.2) is 0 Å². The second kappa shape index (κ2) is 10.8. The molecule has 0 radical (unpaired) electrons. The fraction of sp³-hybridized carbons (Fsp3) is 0.737. The molecule has 118 valence electrons. The first-order chi connectivity index (χ1) is 10.4. The molecule has 1 aliphatic rings. The van der Waals surface area contributed by atoms with Crippen LogP contribution in [0.3, 0.4) is 0 Å². The summed E-state index contributed by atoms with van der Waals surface area (Å²) < 4.78 is 0. The average Bonchev–Trinajstić information content (AvgIpc) is 2.51. The van der Waals surface area contributed by atoms with E-state index in [0.29, 0.717) is 0 Å². The summed E-state index contributed by atoms with van der Waals surface area (Å²) in [5.41, 5.74) is 1.35. The number of pyridine rings is 1. The molecule has 0 unspecified atom stereocenters. The van der Waals surface area contributed by atoms with Crippen molar-refractivity contribution in [2.45, 2.75) is 83.1 Å². The molecule has 0 atom stereocenters. The molecule has 0 amide bonds. The molecule has 0 saturated heterocycles. The minimum atomic E-state index is 0.737. The molecule has 1 heterocycles. The van der Waals surface area contributed by atoms with Crippen LogP contribution in [0.5, 0.6) is 0 Å². The standard InChI is InChI=1S/C19H32N2/c1-2-4-6-8-12-19(13-9-7-5-3-1)21-16-14-18-11-10-15-20-17-18/h10-11,15,17,19,21H,1-9,12-14,16H2. The summed E-state index contributed by atoms with van der Waals surface area (Å²) in [7, 11) is 0. The van der Waals surface area contributed by atoms with Gasteiger partial charge in [0, 0.05) is 18.4 Å². The van der Waals surface area contributed by atoms with E-state index in [-0.39, 0.29) is 0 Å². The Hall–Kier alpha value is -0.890. The Kier molecular flexibility index (Phi) is 8.46. The Bertz CT molecular complexity index is 338. The lowest BCUT2D eigenvalue weighted by Gasteiger charge is -2.19. The highest BCUT2D eigenvalue weighted by atomic mass is 14.9. The van der Waals surface area contributed by atoms with Crippen molar-refractivity contribution in [2.24, 2.45) is 0 Å². The monoisotopic (exact) mass is 288 g/mol. The highest BCUT2D eigenvalue weighted by Gasteiger charge is 2.08. The molecule has 0 aromatic carbocycles. The van der Waals surface area contributed by atoms with E-state index in [1.807, 2.05) is 18.5 Å². The van der Waals surface area contributed by atoms with E-state index in [2.05, 4.69) is 16.4 Å². The van der Waals surface area contributed by atoms with E-state index in [0.717, 1.165) is 19.0 Å². The molecule has 0 aliphatic heterocycles. The summed E-state index contributed by atoms with van der Waals surface area (Å²) in [4.78, 5) is 4.19. The predicted molar refractivity (Wildman–Crippen MR) is 90.5 cm³/mol. The van der Waals surface area contributed by atoms with Gasteiger partial charge in [0.05, 0.1) is 0 Å². The maximum absolute atomic E-state index is 4.19. The number of nitrogens with zero attached hydrogens (tertiary/aromatic N) is 1. The zero-order valence-electron chi connectivity index (χ0n) is 13.5. The Balaban J connectivity index is 1.67. The molecular formula is C19H32N2. The van der Waals surface area contributed by atoms with Crippen LogP contribution < -0.4 is 5.32 Å². The second-order valence-corrected chi connectivity index (χ2v) is 6.52. The molecule has 0 spiro atoms. The molecule has 1 N–H and O–H groups in total. The van der Waals surface area contributed by atoms with Gasteiger partial charge in [-0.1, -0.05) is 63.9 Å². The molecule has 1 aromatic heterocycles. The molecule has 1 saturated carbocycles. The zero-order chi connectivity index (χ0) is 14.6. The van der Waals surface area contributed by atoms with Crippen molar-refractivity contribution in [1.82, 2.24) is 10.3 Å². The van der Waals surface area contributed by atoms with E-state index in [9.17, 15) is 0 Å². The third kappa shape index (κ3) is 7.61. The first kappa shape index (κ1) is 16.5. The van der Waals surface area contributed by atoms with Gasteiger partial charge in [-0.3, -0.25) is 4.98 Å². The second-order valence-electron chi connectivity index (χ2n) is 6.52. The van der Waals surface area contributed by atoms with Gasteiger partial charge in [-0.15, -0.1) is 0 Å². The predicted octanol–water partition coefficient (Wildman–Crippen LogP) is 4.89. The Labute approximate surface area is 130 Å². The fourth-order valence-electron chi connectivity index (χ4n) is 3.33. The van der Waals surface area contributed by atoms with Crippen LogP contribution in [0.2, 0.25) is 0 Å². The topological polar surface area (TPSA) is 24.9 Å². The van der Waals surface area contributed by atoms with Gasteiger partial charge in [0.25, 0.3) is 0 Å². The van der Waals surface area contributed by atoms with Crippen molar-refractivity contribution < 1.29 is 0 Å². The highest BCUT2D eigenvalue weighted by Crippen LogP contribution is 2.17. The van der Waals surface area contributed by atoms with Gasteiger partial charge in [-0.2, -0.15) is 0 Å². The van der Waals surface area contributed by atoms with Crippen LogP contribution in [0.15, 0.2) is 24.5 Å². The van der Waals surface area contributed by atoms with E-state index in [4.69, 9.17) is 0 Å². The maximum atomic E-state index is 4.19. The molecule has 2 nitrogen and oxygen atoms in total. The van der Waals surface area contributed by atoms with E-state index in [1.54, 1.807) is 0 Å². The Morgan fingerprint density at radius 2 is 1.52 bits per heavy atom. The summed E-state index contributed by atoms with van der Waals surface area (Å²) in [6.45, 7) is 1.09. The number of nitrogens with one attached hydrogen (secondary N) is 1. The summed E-state index contributed by atoms with van der Waals surface area (Å²) in [6.07, 6.45) is 20.6. The molecule has 21 heavy (non-hydrogen) atoms. The minimum absolute atomic E-state index is 0.737. The maximum Gasteiger partial charge on any atom is 0.0300 e. The number of rotatable bonds is 4. The van der Waals surface area contributed by atoms with Gasteiger partial charge >= 0.3 is 0 Å². The number of hydrogen-bond acceptors (Lipinski definition) is 2. The van der Waals surface area contributed by atoms with E-state index in [1.165, 1.54) is 76.2 Å². The van der Waals surface area contributed by atoms with Crippen LogP contribution in [0.4, 0.5) is 0 Å². The lowest BCUT2D eigenvalue weighted by Crippen LogP contribution is -2.31. The van der Waals surface area contributed by atoms with Gasteiger partial charge in [0.1, 0.15) is 0 Å². The Morgan fingerprint density at radius 1 is 0.905 bits per heavy atom. The molecule has 1 fully saturated rings. The summed E-state index contributed by atoms with van der Waals surface area (Å²) in [5.74, 6) is 0. The van der Waals surface area contributed by atoms with Crippen molar-refractivity contribution >= 4 is 0 Å². The Morgan fingerprint density at radius 3 is 2.10 bits per heavy atom. The average molecular weight is 288 g/mol. The van der Waals surface area contributed by atoms with Gasteiger partial charge in [-0.05, 0) is 37.4 Å². The van der Waals surface area contributed by atoms with Crippen molar-refractivity contribution in [3.63, 3.8) is 0 Å². The van der Waals surface area contributed by atoms with Crippen LogP contribution in [-0.4, -0.2) is 17.6 Å². The number of aromatic nitrogens is 1. The van der Waals surface area contributed by atoms with Crippen LogP contribution in [0, 0.1) is 0 Å². The van der Waals surface area contributed by atoms with Crippen LogP contribution in [-0.2, 0) is 6.42 Å². The lowest BCUT2D eigenvalue weighted by molar-refractivity contribution is 0.406. The van der Waals surface area contributed by atoms with Crippen LogP contribution >= 0.6 is 0 Å². The van der Waals surface area contributed by atoms with Gasteiger partial charge in [0.15, 0.2) is 0 Å². The summed E-state index contributed by atoms with van der Waals surface area (Å²) in [5, 5.41) is 3.79. The first-order valence-corrected chi connectivity index (χ1v) is 9.07. The lowest BCUT2D eigenvalue weighted by atomic mass is 9.98.